The van der Waals surface area contributed by atoms with Crippen LogP contribution in [-0.4, -0.2) is 9.55 Å². The average molecular weight is 285 g/mol. The van der Waals surface area contributed by atoms with Crippen LogP contribution in [0.2, 0.25) is 0 Å². The zero-order valence-electron chi connectivity index (χ0n) is 6.81. The van der Waals surface area contributed by atoms with E-state index in [0.717, 1.165) is 9.26 Å². The van der Waals surface area contributed by atoms with E-state index in [0.29, 0.717) is 5.95 Å². The Morgan fingerprint density at radius 3 is 2.69 bits per heavy atom. The number of nitrogens with zero attached hydrogens (tertiary/aromatic N) is 2. The van der Waals surface area contributed by atoms with E-state index in [4.69, 9.17) is 5.73 Å². The quantitative estimate of drug-likeness (QED) is 0.815. The molecule has 0 radical (unpaired) electrons. The molecule has 66 valence electrons. The maximum Gasteiger partial charge on any atom is 0.204 e. The summed E-state index contributed by atoms with van der Waals surface area (Å²) in [5.74, 6) is 0.518. The Labute approximate surface area is 89.7 Å². The van der Waals surface area contributed by atoms with Gasteiger partial charge in [0.2, 0.25) is 5.95 Å². The minimum absolute atomic E-state index is 0.518. The summed E-state index contributed by atoms with van der Waals surface area (Å²) in [4.78, 5) is 3.97. The largest absolute Gasteiger partial charge is 0.369 e. The Bertz CT molecular complexity index is 422. The Morgan fingerprint density at radius 1 is 1.31 bits per heavy atom. The van der Waals surface area contributed by atoms with E-state index in [1.165, 1.54) is 0 Å². The number of anilines is 1. The van der Waals surface area contributed by atoms with E-state index in [9.17, 15) is 0 Å². The highest BCUT2D eigenvalue weighted by Gasteiger charge is 2.03. The molecule has 0 atom stereocenters. The number of halogens is 1. The molecule has 0 bridgehead atoms. The van der Waals surface area contributed by atoms with Gasteiger partial charge >= 0.3 is 0 Å². The number of imidazole rings is 1. The van der Waals surface area contributed by atoms with E-state index in [1.807, 2.05) is 35.0 Å². The Morgan fingerprint density at radius 2 is 2.08 bits per heavy atom. The third kappa shape index (κ3) is 1.53. The summed E-state index contributed by atoms with van der Waals surface area (Å²) in [7, 11) is 0. The van der Waals surface area contributed by atoms with Crippen molar-refractivity contribution in [3.8, 4) is 5.69 Å². The van der Waals surface area contributed by atoms with Crippen LogP contribution in [0.1, 0.15) is 0 Å². The molecule has 4 heteroatoms. The SMILES string of the molecule is Nc1nccn1-c1ccccc1I. The van der Waals surface area contributed by atoms with Crippen molar-refractivity contribution in [2.24, 2.45) is 0 Å². The van der Waals surface area contributed by atoms with Gasteiger partial charge < -0.3 is 5.73 Å². The van der Waals surface area contributed by atoms with Crippen LogP contribution < -0.4 is 5.73 Å². The molecule has 1 aromatic heterocycles. The fraction of sp³-hybridized carbons (Fsp3) is 0. The number of benzene rings is 1. The molecule has 0 aliphatic carbocycles. The van der Waals surface area contributed by atoms with Gasteiger partial charge in [0.15, 0.2) is 0 Å². The lowest BCUT2D eigenvalue weighted by Crippen LogP contribution is -2.00. The topological polar surface area (TPSA) is 43.8 Å². The predicted molar refractivity (Wildman–Crippen MR) is 60.7 cm³/mol. The molecule has 1 aromatic carbocycles. The van der Waals surface area contributed by atoms with Gasteiger partial charge in [-0.25, -0.2) is 4.98 Å². The second kappa shape index (κ2) is 3.37. The summed E-state index contributed by atoms with van der Waals surface area (Å²) in [6.45, 7) is 0. The normalized spacial score (nSPS) is 10.2. The van der Waals surface area contributed by atoms with Crippen molar-refractivity contribution in [2.75, 3.05) is 5.73 Å². The number of para-hydroxylation sites is 1. The van der Waals surface area contributed by atoms with Crippen molar-refractivity contribution >= 4 is 28.5 Å². The lowest BCUT2D eigenvalue weighted by molar-refractivity contribution is 1.07. The van der Waals surface area contributed by atoms with E-state index in [1.54, 1.807) is 6.20 Å². The number of aromatic nitrogens is 2. The third-order valence-corrected chi connectivity index (χ3v) is 2.69. The second-order valence-corrected chi connectivity index (χ2v) is 3.77. The highest BCUT2D eigenvalue weighted by Crippen LogP contribution is 2.18. The second-order valence-electron chi connectivity index (χ2n) is 2.61. The van der Waals surface area contributed by atoms with Crippen LogP contribution in [0, 0.1) is 3.57 Å². The molecule has 0 unspecified atom stereocenters. The molecule has 0 aliphatic heterocycles. The van der Waals surface area contributed by atoms with Crippen LogP contribution in [0.3, 0.4) is 0 Å². The molecule has 0 aliphatic rings. The van der Waals surface area contributed by atoms with Gasteiger partial charge in [0.05, 0.1) is 5.69 Å². The summed E-state index contributed by atoms with van der Waals surface area (Å²) in [5, 5.41) is 0. The molecule has 0 amide bonds. The standard InChI is InChI=1S/C9H8IN3/c10-7-3-1-2-4-8(7)13-6-5-12-9(13)11/h1-6H,(H2,11,12). The zero-order chi connectivity index (χ0) is 9.26. The minimum atomic E-state index is 0.518. The lowest BCUT2D eigenvalue weighted by Gasteiger charge is -2.05. The monoisotopic (exact) mass is 285 g/mol. The van der Waals surface area contributed by atoms with E-state index >= 15 is 0 Å². The molecular formula is C9H8IN3. The van der Waals surface area contributed by atoms with Crippen molar-refractivity contribution in [1.29, 1.82) is 0 Å². The van der Waals surface area contributed by atoms with Crippen molar-refractivity contribution in [3.63, 3.8) is 0 Å². The fourth-order valence-electron chi connectivity index (χ4n) is 1.17. The molecule has 13 heavy (non-hydrogen) atoms. The first kappa shape index (κ1) is 8.55. The number of hydrogen-bond acceptors (Lipinski definition) is 2. The Hall–Kier alpha value is -1.04. The molecule has 2 rings (SSSR count). The fourth-order valence-corrected chi connectivity index (χ4v) is 1.81. The van der Waals surface area contributed by atoms with Gasteiger partial charge in [0.1, 0.15) is 0 Å². The first-order valence-electron chi connectivity index (χ1n) is 3.83. The van der Waals surface area contributed by atoms with Crippen molar-refractivity contribution in [3.05, 3.63) is 40.2 Å². The van der Waals surface area contributed by atoms with Crippen LogP contribution >= 0.6 is 22.6 Å². The maximum atomic E-state index is 5.69. The molecule has 2 N–H and O–H groups in total. The number of hydrogen-bond donors (Lipinski definition) is 1. The molecule has 1 heterocycles. The van der Waals surface area contributed by atoms with Gasteiger partial charge in [-0.05, 0) is 34.7 Å². The van der Waals surface area contributed by atoms with E-state index in [2.05, 4.69) is 27.6 Å². The first-order chi connectivity index (χ1) is 6.29. The summed E-state index contributed by atoms with van der Waals surface area (Å²) in [6.07, 6.45) is 3.55. The summed E-state index contributed by atoms with van der Waals surface area (Å²) in [5.41, 5.74) is 6.76. The molecule has 0 spiro atoms. The molecule has 2 aromatic rings. The van der Waals surface area contributed by atoms with Crippen LogP contribution in [0.25, 0.3) is 5.69 Å². The van der Waals surface area contributed by atoms with Crippen LogP contribution in [0.5, 0.6) is 0 Å². The van der Waals surface area contributed by atoms with Crippen LogP contribution in [-0.2, 0) is 0 Å². The maximum absolute atomic E-state index is 5.69. The van der Waals surface area contributed by atoms with Gasteiger partial charge in [-0.3, -0.25) is 4.57 Å². The summed E-state index contributed by atoms with van der Waals surface area (Å²) < 4.78 is 3.02. The minimum Gasteiger partial charge on any atom is -0.369 e. The average Bonchev–Trinajstić information content (AvgIpc) is 2.52. The van der Waals surface area contributed by atoms with Gasteiger partial charge in [0.25, 0.3) is 0 Å². The lowest BCUT2D eigenvalue weighted by atomic mass is 10.3. The van der Waals surface area contributed by atoms with Gasteiger partial charge in [-0.15, -0.1) is 0 Å². The smallest absolute Gasteiger partial charge is 0.204 e. The Balaban J connectivity index is 2.59. The zero-order valence-corrected chi connectivity index (χ0v) is 8.97. The third-order valence-electron chi connectivity index (χ3n) is 1.78. The number of nitrogens with two attached hydrogens (primary N) is 1. The Kier molecular flexibility index (Phi) is 2.22. The first-order valence-corrected chi connectivity index (χ1v) is 4.90. The van der Waals surface area contributed by atoms with Crippen LogP contribution in [0.4, 0.5) is 5.95 Å². The molecule has 3 nitrogen and oxygen atoms in total. The molecule has 0 saturated carbocycles. The highest BCUT2D eigenvalue weighted by molar-refractivity contribution is 14.1. The highest BCUT2D eigenvalue weighted by atomic mass is 127. The van der Waals surface area contributed by atoms with E-state index < -0.39 is 0 Å². The van der Waals surface area contributed by atoms with Gasteiger partial charge in [-0.1, -0.05) is 12.1 Å². The number of rotatable bonds is 1. The van der Waals surface area contributed by atoms with Crippen molar-refractivity contribution in [1.82, 2.24) is 9.55 Å². The summed E-state index contributed by atoms with van der Waals surface area (Å²) in [6, 6.07) is 8.03. The molecular weight excluding hydrogens is 277 g/mol. The summed E-state index contributed by atoms with van der Waals surface area (Å²) >= 11 is 2.27. The van der Waals surface area contributed by atoms with E-state index in [-0.39, 0.29) is 0 Å². The van der Waals surface area contributed by atoms with Gasteiger partial charge in [-0.2, -0.15) is 0 Å². The molecule has 0 fully saturated rings. The predicted octanol–water partition coefficient (Wildman–Crippen LogP) is 2.06. The van der Waals surface area contributed by atoms with Crippen LogP contribution in [0.15, 0.2) is 36.7 Å². The van der Waals surface area contributed by atoms with Gasteiger partial charge in [0, 0.05) is 16.0 Å². The number of nitrogen functional groups attached to an aromatic ring is 1. The molecule has 0 saturated heterocycles. The van der Waals surface area contributed by atoms with Crippen molar-refractivity contribution in [2.45, 2.75) is 0 Å². The van der Waals surface area contributed by atoms with Crippen molar-refractivity contribution < 1.29 is 0 Å².